The number of aryl methyl sites for hydroxylation is 2. The van der Waals surface area contributed by atoms with E-state index in [9.17, 15) is 14.7 Å². The molecule has 202 valence electrons. The maximum Gasteiger partial charge on any atom is 0.337 e. The Morgan fingerprint density at radius 3 is 2.47 bits per heavy atom. The molecule has 10 heteroatoms. The van der Waals surface area contributed by atoms with Crippen molar-refractivity contribution < 1.29 is 19.4 Å². The second-order valence-electron chi connectivity index (χ2n) is 11.3. The molecule has 0 bridgehead atoms. The Kier molecular flexibility index (Phi) is 7.09. The van der Waals surface area contributed by atoms with Crippen molar-refractivity contribution in [2.24, 2.45) is 24.3 Å². The van der Waals surface area contributed by atoms with E-state index in [0.29, 0.717) is 57.6 Å². The van der Waals surface area contributed by atoms with Crippen molar-refractivity contribution in [1.82, 2.24) is 9.55 Å². The number of rotatable bonds is 7. The zero-order valence-electron chi connectivity index (χ0n) is 22.0. The lowest BCUT2D eigenvalue weighted by Gasteiger charge is -2.22. The number of carbonyl (C=O) groups excluding carboxylic acids is 1. The van der Waals surface area contributed by atoms with E-state index in [1.54, 1.807) is 12.1 Å². The number of fused-ring (bicyclic) bond motifs is 2. The number of carboxylic acid groups (broad SMARTS) is 1. The largest absolute Gasteiger partial charge is 0.478 e. The lowest BCUT2D eigenvalue weighted by Crippen LogP contribution is -2.24. The minimum absolute atomic E-state index is 0.160. The average molecular weight is 559 g/mol. The molecule has 3 aromatic rings. The van der Waals surface area contributed by atoms with Crippen molar-refractivity contribution in [3.05, 3.63) is 45.4 Å². The van der Waals surface area contributed by atoms with Crippen molar-refractivity contribution in [3.63, 3.8) is 0 Å². The van der Waals surface area contributed by atoms with Crippen LogP contribution in [0.25, 0.3) is 11.0 Å². The van der Waals surface area contributed by atoms with Crippen molar-refractivity contribution in [2.75, 3.05) is 36.5 Å². The highest BCUT2D eigenvalue weighted by molar-refractivity contribution is 6.39. The highest BCUT2D eigenvalue weighted by Gasteiger charge is 2.38. The van der Waals surface area contributed by atoms with Crippen LogP contribution in [0.4, 0.5) is 17.3 Å². The van der Waals surface area contributed by atoms with Crippen molar-refractivity contribution in [3.8, 4) is 0 Å². The molecular weight excluding hydrogens is 527 g/mol. The molecule has 8 nitrogen and oxygen atoms in total. The molecule has 2 fully saturated rings. The minimum atomic E-state index is -0.987. The number of aromatic nitrogens is 2. The third-order valence-corrected chi connectivity index (χ3v) is 8.42. The lowest BCUT2D eigenvalue weighted by atomic mass is 9.87. The van der Waals surface area contributed by atoms with E-state index in [-0.39, 0.29) is 11.3 Å². The summed E-state index contributed by atoms with van der Waals surface area (Å²) < 4.78 is 7.46. The molecule has 38 heavy (non-hydrogen) atoms. The summed E-state index contributed by atoms with van der Waals surface area (Å²) in [4.78, 5) is 31.5. The molecule has 0 saturated carbocycles. The molecule has 2 aromatic carbocycles. The number of ketones is 1. The van der Waals surface area contributed by atoms with Gasteiger partial charge in [-0.15, -0.1) is 0 Å². The smallest absolute Gasteiger partial charge is 0.337 e. The number of hydrogen-bond donors (Lipinski definition) is 2. The van der Waals surface area contributed by atoms with Crippen LogP contribution in [0.15, 0.2) is 24.3 Å². The zero-order valence-corrected chi connectivity index (χ0v) is 23.5. The molecular formula is C28H32Cl2N4O4. The number of Topliss-reactive ketones (excluding diaryl/α,β-unsaturated/α-hetero) is 1. The first kappa shape index (κ1) is 26.8. The van der Waals surface area contributed by atoms with Gasteiger partial charge in [0.25, 0.3) is 0 Å². The van der Waals surface area contributed by atoms with Crippen LogP contribution in [0.5, 0.6) is 0 Å². The van der Waals surface area contributed by atoms with E-state index in [1.165, 1.54) is 0 Å². The van der Waals surface area contributed by atoms with E-state index >= 15 is 0 Å². The molecule has 2 unspecified atom stereocenters. The molecule has 0 spiro atoms. The molecule has 0 amide bonds. The molecule has 0 radical (unpaired) electrons. The predicted molar refractivity (Wildman–Crippen MR) is 150 cm³/mol. The molecule has 0 aliphatic carbocycles. The van der Waals surface area contributed by atoms with Crippen LogP contribution in [-0.2, 0) is 23.0 Å². The van der Waals surface area contributed by atoms with Crippen LogP contribution in [0.1, 0.15) is 43.1 Å². The molecule has 2 atom stereocenters. The maximum atomic E-state index is 12.4. The number of carbonyl (C=O) groups is 2. The lowest BCUT2D eigenvalue weighted by molar-refractivity contribution is -0.126. The number of aromatic carboxylic acids is 1. The van der Waals surface area contributed by atoms with Gasteiger partial charge < -0.3 is 24.6 Å². The van der Waals surface area contributed by atoms with Crippen LogP contribution in [0.3, 0.4) is 0 Å². The number of halogens is 2. The molecule has 2 saturated heterocycles. The van der Waals surface area contributed by atoms with Gasteiger partial charge >= 0.3 is 5.97 Å². The second kappa shape index (κ2) is 10.1. The summed E-state index contributed by atoms with van der Waals surface area (Å²) in [6.07, 6.45) is 0.874. The summed E-state index contributed by atoms with van der Waals surface area (Å²) in [6, 6.07) is 7.11. The van der Waals surface area contributed by atoms with E-state index in [0.717, 1.165) is 37.4 Å². The fraction of sp³-hybridized carbons (Fsp3) is 0.464. The highest BCUT2D eigenvalue weighted by Crippen LogP contribution is 2.39. The predicted octanol–water partition coefficient (Wildman–Crippen LogP) is 5.95. The molecule has 1 aromatic heterocycles. The quantitative estimate of drug-likeness (QED) is 0.369. The van der Waals surface area contributed by atoms with Gasteiger partial charge in [-0.05, 0) is 30.2 Å². The number of benzene rings is 2. The molecule has 2 aliphatic heterocycles. The number of ether oxygens (including phenoxy) is 1. The van der Waals surface area contributed by atoms with Gasteiger partial charge in [0.1, 0.15) is 5.78 Å². The number of nitrogens with zero attached hydrogens (tertiary/aromatic N) is 3. The van der Waals surface area contributed by atoms with Crippen LogP contribution in [-0.4, -0.2) is 52.7 Å². The van der Waals surface area contributed by atoms with Gasteiger partial charge in [-0.1, -0.05) is 50.0 Å². The topological polar surface area (TPSA) is 96.7 Å². The summed E-state index contributed by atoms with van der Waals surface area (Å²) in [5, 5.41) is 14.1. The Balaban J connectivity index is 1.46. The fourth-order valence-corrected chi connectivity index (χ4v) is 5.85. The summed E-state index contributed by atoms with van der Waals surface area (Å²) in [5.41, 5.74) is 3.16. The van der Waals surface area contributed by atoms with Gasteiger partial charge in [-0.25, -0.2) is 9.78 Å². The Bertz CT molecular complexity index is 1420. The Labute approximate surface area is 231 Å². The number of anilines is 3. The number of nitrogens with one attached hydrogen (secondary N) is 1. The number of carboxylic acids is 1. The van der Waals surface area contributed by atoms with Gasteiger partial charge in [0, 0.05) is 43.8 Å². The van der Waals surface area contributed by atoms with E-state index in [2.05, 4.69) is 15.2 Å². The van der Waals surface area contributed by atoms with Crippen LogP contribution in [0.2, 0.25) is 10.0 Å². The molecule has 5 rings (SSSR count). The van der Waals surface area contributed by atoms with E-state index in [1.807, 2.05) is 44.5 Å². The van der Waals surface area contributed by atoms with Crippen molar-refractivity contribution in [1.29, 1.82) is 0 Å². The van der Waals surface area contributed by atoms with E-state index < -0.39 is 11.4 Å². The SMILES string of the molecule is Cn1c(Nc2c(Cl)ccc(CCC(=O)C(C)(C)C)c2Cl)nc2cc(C(=O)O)c(N3CC4COCC4C3)cc21. The van der Waals surface area contributed by atoms with E-state index in [4.69, 9.17) is 27.9 Å². The number of hydrogen-bond acceptors (Lipinski definition) is 6. The molecule has 2 aliphatic rings. The first-order valence-electron chi connectivity index (χ1n) is 12.8. The maximum absolute atomic E-state index is 12.4. The van der Waals surface area contributed by atoms with Crippen LogP contribution in [0, 0.1) is 17.3 Å². The fourth-order valence-electron chi connectivity index (χ4n) is 5.29. The van der Waals surface area contributed by atoms with Crippen LogP contribution >= 0.6 is 23.2 Å². The van der Waals surface area contributed by atoms with Crippen molar-refractivity contribution >= 4 is 63.3 Å². The third-order valence-electron chi connectivity index (χ3n) is 7.68. The number of imidazole rings is 1. The summed E-state index contributed by atoms with van der Waals surface area (Å²) >= 11 is 13.3. The van der Waals surface area contributed by atoms with Gasteiger partial charge in [-0.2, -0.15) is 0 Å². The standard InChI is InChI=1S/C28H32Cl2N4O4/c1-28(2,3)23(35)8-6-15-5-7-19(29)25(24(15)30)32-27-31-20-9-18(26(36)37)21(10-22(20)33(27)4)34-11-16-13-38-14-17(16)12-34/h5,7,9-10,16-17H,6,8,11-14H2,1-4H3,(H,31,32)(H,36,37). The average Bonchev–Trinajstić information content (AvgIpc) is 3.53. The Hall–Kier alpha value is -2.81. The van der Waals surface area contributed by atoms with Gasteiger partial charge in [0.05, 0.1) is 51.2 Å². The van der Waals surface area contributed by atoms with Gasteiger partial charge in [0.15, 0.2) is 0 Å². The Morgan fingerprint density at radius 1 is 1.16 bits per heavy atom. The van der Waals surface area contributed by atoms with Crippen LogP contribution < -0.4 is 10.2 Å². The highest BCUT2D eigenvalue weighted by atomic mass is 35.5. The summed E-state index contributed by atoms with van der Waals surface area (Å²) in [6.45, 7) is 8.70. The monoisotopic (exact) mass is 558 g/mol. The minimum Gasteiger partial charge on any atom is -0.478 e. The first-order chi connectivity index (χ1) is 17.9. The normalized spacial score (nSPS) is 19.3. The first-order valence-corrected chi connectivity index (χ1v) is 13.5. The Morgan fingerprint density at radius 2 is 1.84 bits per heavy atom. The summed E-state index contributed by atoms with van der Waals surface area (Å²) in [5.74, 6) is 0.496. The molecule has 3 heterocycles. The van der Waals surface area contributed by atoms with Crippen molar-refractivity contribution in [2.45, 2.75) is 33.6 Å². The summed E-state index contributed by atoms with van der Waals surface area (Å²) in [7, 11) is 1.86. The molecule has 2 N–H and O–H groups in total. The third kappa shape index (κ3) is 4.97. The van der Waals surface area contributed by atoms with Gasteiger partial charge in [-0.3, -0.25) is 4.79 Å². The zero-order chi connectivity index (χ0) is 27.4. The van der Waals surface area contributed by atoms with Gasteiger partial charge in [0.2, 0.25) is 5.95 Å². The second-order valence-corrected chi connectivity index (χ2v) is 12.1.